The first kappa shape index (κ1) is 15.9. The van der Waals surface area contributed by atoms with E-state index in [1.165, 1.54) is 0 Å². The molecule has 1 aromatic heterocycles. The van der Waals surface area contributed by atoms with Gasteiger partial charge in [0.2, 0.25) is 0 Å². The van der Waals surface area contributed by atoms with Crippen molar-refractivity contribution in [2.75, 3.05) is 0 Å². The molecule has 1 aromatic carbocycles. The van der Waals surface area contributed by atoms with Crippen molar-refractivity contribution in [2.24, 2.45) is 0 Å². The largest absolute Gasteiger partial charge is 0.487 e. The van der Waals surface area contributed by atoms with E-state index < -0.39 is 9.05 Å². The van der Waals surface area contributed by atoms with Crippen molar-refractivity contribution < 1.29 is 13.2 Å². The van der Waals surface area contributed by atoms with Crippen molar-refractivity contribution >= 4 is 19.7 Å². The van der Waals surface area contributed by atoms with E-state index in [4.69, 9.17) is 15.4 Å². The number of aromatic nitrogens is 2. The van der Waals surface area contributed by atoms with Crippen LogP contribution in [0.1, 0.15) is 23.7 Å². The van der Waals surface area contributed by atoms with Crippen LogP contribution < -0.4 is 4.74 Å². The minimum absolute atomic E-state index is 0.148. The molecule has 0 aliphatic heterocycles. The molecule has 1 heterocycles. The van der Waals surface area contributed by atoms with Gasteiger partial charge >= 0.3 is 0 Å². The SMILES string of the molecule is CCn1cncc1COc1cc(C)c(S(=O)(=O)Cl)c(C)c1. The third-order valence-corrected chi connectivity index (χ3v) is 4.80. The van der Waals surface area contributed by atoms with E-state index >= 15 is 0 Å². The second-order valence-corrected chi connectivity index (χ2v) is 7.29. The summed E-state index contributed by atoms with van der Waals surface area (Å²) in [5, 5.41) is 0. The molecule has 0 amide bonds. The number of hydrogen-bond acceptors (Lipinski definition) is 4. The molecule has 0 saturated heterocycles. The lowest BCUT2D eigenvalue weighted by atomic mass is 10.1. The van der Waals surface area contributed by atoms with Gasteiger partial charge < -0.3 is 9.30 Å². The molecule has 2 rings (SSSR count). The Bertz CT molecular complexity index is 730. The molecule has 0 atom stereocenters. The van der Waals surface area contributed by atoms with E-state index in [2.05, 4.69) is 4.98 Å². The van der Waals surface area contributed by atoms with Crippen LogP contribution in [0, 0.1) is 13.8 Å². The lowest BCUT2D eigenvalue weighted by Crippen LogP contribution is -2.05. The van der Waals surface area contributed by atoms with Crippen LogP contribution in [0.3, 0.4) is 0 Å². The molecule has 21 heavy (non-hydrogen) atoms. The molecule has 114 valence electrons. The average molecular weight is 329 g/mol. The second-order valence-electron chi connectivity index (χ2n) is 4.78. The van der Waals surface area contributed by atoms with Crippen LogP contribution in [-0.4, -0.2) is 18.0 Å². The summed E-state index contributed by atoms with van der Waals surface area (Å²) in [6.45, 7) is 6.62. The van der Waals surface area contributed by atoms with Gasteiger partial charge in [0, 0.05) is 17.2 Å². The van der Waals surface area contributed by atoms with E-state index in [1.54, 1.807) is 38.5 Å². The Morgan fingerprint density at radius 2 is 1.90 bits per heavy atom. The zero-order valence-corrected chi connectivity index (χ0v) is 13.7. The number of benzene rings is 1. The zero-order valence-electron chi connectivity index (χ0n) is 12.1. The molecule has 0 N–H and O–H groups in total. The molecule has 0 unspecified atom stereocenters. The van der Waals surface area contributed by atoms with E-state index in [0.29, 0.717) is 23.5 Å². The monoisotopic (exact) mass is 328 g/mol. The first-order valence-corrected chi connectivity index (χ1v) is 8.81. The van der Waals surface area contributed by atoms with Gasteiger partial charge in [-0.05, 0) is 44.0 Å². The highest BCUT2D eigenvalue weighted by Crippen LogP contribution is 2.28. The van der Waals surface area contributed by atoms with E-state index in [1.807, 2.05) is 11.5 Å². The smallest absolute Gasteiger partial charge is 0.261 e. The minimum atomic E-state index is -3.75. The molecule has 0 radical (unpaired) electrons. The van der Waals surface area contributed by atoms with Crippen LogP contribution in [0.5, 0.6) is 5.75 Å². The minimum Gasteiger partial charge on any atom is -0.487 e. The van der Waals surface area contributed by atoms with Crippen molar-refractivity contribution in [3.63, 3.8) is 0 Å². The summed E-state index contributed by atoms with van der Waals surface area (Å²) in [5.41, 5.74) is 2.11. The van der Waals surface area contributed by atoms with Crippen molar-refractivity contribution in [1.82, 2.24) is 9.55 Å². The van der Waals surface area contributed by atoms with E-state index in [0.717, 1.165) is 12.2 Å². The summed E-state index contributed by atoms with van der Waals surface area (Å²) in [4.78, 5) is 4.22. The first-order valence-electron chi connectivity index (χ1n) is 6.50. The van der Waals surface area contributed by atoms with Crippen LogP contribution in [0.4, 0.5) is 0 Å². The standard InChI is InChI=1S/C14H17ClN2O3S/c1-4-17-9-16-7-12(17)8-20-13-5-10(2)14(11(3)6-13)21(15,18)19/h5-7,9H,4,8H2,1-3H3. The van der Waals surface area contributed by atoms with Gasteiger partial charge in [-0.15, -0.1) is 0 Å². The Morgan fingerprint density at radius 1 is 1.29 bits per heavy atom. The molecule has 0 aliphatic carbocycles. The third-order valence-electron chi connectivity index (χ3n) is 3.20. The number of halogens is 1. The van der Waals surface area contributed by atoms with E-state index in [9.17, 15) is 8.42 Å². The fraction of sp³-hybridized carbons (Fsp3) is 0.357. The molecular weight excluding hydrogens is 312 g/mol. The number of imidazole rings is 1. The molecule has 7 heteroatoms. The summed E-state index contributed by atoms with van der Waals surface area (Å²) in [5.74, 6) is 0.609. The summed E-state index contributed by atoms with van der Waals surface area (Å²) >= 11 is 0. The molecule has 2 aromatic rings. The number of rotatable bonds is 5. The fourth-order valence-corrected chi connectivity index (χ4v) is 3.91. The molecule has 0 fully saturated rings. The topological polar surface area (TPSA) is 61.2 Å². The lowest BCUT2D eigenvalue weighted by Gasteiger charge is -2.12. The molecule has 0 spiro atoms. The predicted molar refractivity (Wildman–Crippen MR) is 81.2 cm³/mol. The quantitative estimate of drug-likeness (QED) is 0.791. The number of hydrogen-bond donors (Lipinski definition) is 0. The van der Waals surface area contributed by atoms with Gasteiger partial charge in [-0.1, -0.05) is 0 Å². The third kappa shape index (κ3) is 3.57. The van der Waals surface area contributed by atoms with Gasteiger partial charge in [0.1, 0.15) is 12.4 Å². The molecule has 0 saturated carbocycles. The van der Waals surface area contributed by atoms with Gasteiger partial charge in [0.25, 0.3) is 9.05 Å². The predicted octanol–water partition coefficient (Wildman–Crippen LogP) is 3.03. The lowest BCUT2D eigenvalue weighted by molar-refractivity contribution is 0.294. The van der Waals surface area contributed by atoms with Gasteiger partial charge in [0.15, 0.2) is 0 Å². The normalized spacial score (nSPS) is 11.6. The van der Waals surface area contributed by atoms with Crippen LogP contribution in [0.25, 0.3) is 0 Å². The van der Waals surface area contributed by atoms with Crippen molar-refractivity contribution in [3.8, 4) is 5.75 Å². The maximum atomic E-state index is 11.5. The molecule has 5 nitrogen and oxygen atoms in total. The number of nitrogens with zero attached hydrogens (tertiary/aromatic N) is 2. The number of aryl methyl sites for hydroxylation is 3. The van der Waals surface area contributed by atoms with Gasteiger partial charge in [-0.2, -0.15) is 0 Å². The second kappa shape index (κ2) is 6.07. The zero-order chi connectivity index (χ0) is 15.6. The Balaban J connectivity index is 2.23. The summed E-state index contributed by atoms with van der Waals surface area (Å²) in [6.07, 6.45) is 3.50. The number of ether oxygens (including phenoxy) is 1. The Kier molecular flexibility index (Phi) is 4.58. The van der Waals surface area contributed by atoms with Crippen LogP contribution in [-0.2, 0) is 22.2 Å². The van der Waals surface area contributed by atoms with Crippen molar-refractivity contribution in [1.29, 1.82) is 0 Å². The highest BCUT2D eigenvalue weighted by Gasteiger charge is 2.17. The Hall–Kier alpha value is -1.53. The van der Waals surface area contributed by atoms with Crippen molar-refractivity contribution in [2.45, 2.75) is 38.8 Å². The average Bonchev–Trinajstić information content (AvgIpc) is 2.81. The highest BCUT2D eigenvalue weighted by molar-refractivity contribution is 8.13. The van der Waals surface area contributed by atoms with Crippen LogP contribution >= 0.6 is 10.7 Å². The van der Waals surface area contributed by atoms with Gasteiger partial charge in [0.05, 0.1) is 23.1 Å². The fourth-order valence-electron chi connectivity index (χ4n) is 2.29. The Labute approximate surface area is 128 Å². The van der Waals surface area contributed by atoms with Crippen LogP contribution in [0.15, 0.2) is 29.6 Å². The van der Waals surface area contributed by atoms with Gasteiger partial charge in [-0.25, -0.2) is 13.4 Å². The highest BCUT2D eigenvalue weighted by atomic mass is 35.7. The summed E-state index contributed by atoms with van der Waals surface area (Å²) < 4.78 is 30.8. The summed E-state index contributed by atoms with van der Waals surface area (Å²) in [6, 6.07) is 3.35. The van der Waals surface area contributed by atoms with E-state index in [-0.39, 0.29) is 4.90 Å². The first-order chi connectivity index (χ1) is 9.82. The Morgan fingerprint density at radius 3 is 2.43 bits per heavy atom. The maximum absolute atomic E-state index is 11.5. The molecule has 0 aliphatic rings. The van der Waals surface area contributed by atoms with Crippen molar-refractivity contribution in [3.05, 3.63) is 41.5 Å². The maximum Gasteiger partial charge on any atom is 0.261 e. The molecular formula is C14H17ClN2O3S. The molecule has 0 bridgehead atoms. The van der Waals surface area contributed by atoms with Gasteiger partial charge in [-0.3, -0.25) is 0 Å². The summed E-state index contributed by atoms with van der Waals surface area (Å²) in [7, 11) is 1.69. The van der Waals surface area contributed by atoms with Crippen LogP contribution in [0.2, 0.25) is 0 Å².